The first-order chi connectivity index (χ1) is 9.72. The summed E-state index contributed by atoms with van der Waals surface area (Å²) in [5, 5.41) is 4.89. The number of thioether (sulfide) groups is 1. The molecule has 1 aromatic carbocycles. The zero-order valence-corrected chi connectivity index (χ0v) is 12.8. The fraction of sp³-hybridized carbons (Fsp3) is 0.333. The van der Waals surface area contributed by atoms with E-state index >= 15 is 0 Å². The van der Waals surface area contributed by atoms with E-state index in [2.05, 4.69) is 10.3 Å². The second-order valence-corrected chi connectivity index (χ2v) is 7.16. The summed E-state index contributed by atoms with van der Waals surface area (Å²) in [5.74, 6) is 0.0940. The summed E-state index contributed by atoms with van der Waals surface area (Å²) < 4.78 is 0.947. The Morgan fingerprint density at radius 2 is 2.15 bits per heavy atom. The smallest absolute Gasteiger partial charge is 0.238 e. The Hall–Kier alpha value is -1.33. The van der Waals surface area contributed by atoms with E-state index < -0.39 is 0 Å². The molecule has 0 spiro atoms. The number of benzene rings is 1. The Morgan fingerprint density at radius 3 is 2.75 bits per heavy atom. The fourth-order valence-electron chi connectivity index (χ4n) is 1.89. The average Bonchev–Trinajstić information content (AvgIpc) is 3.17. The number of nitrogens with zero attached hydrogens (tertiary/aromatic N) is 1. The third-order valence-electron chi connectivity index (χ3n) is 3.08. The van der Waals surface area contributed by atoms with Crippen molar-refractivity contribution >= 4 is 29.0 Å². The number of amides is 1. The van der Waals surface area contributed by atoms with Crippen molar-refractivity contribution in [2.24, 2.45) is 0 Å². The molecule has 1 aliphatic rings. The number of rotatable bonds is 5. The minimum absolute atomic E-state index is 0.0940. The molecule has 0 radical (unpaired) electrons. The molecule has 1 heterocycles. The summed E-state index contributed by atoms with van der Waals surface area (Å²) >= 11 is 3.13. The van der Waals surface area contributed by atoms with Crippen LogP contribution in [0, 0.1) is 6.92 Å². The first-order valence-corrected chi connectivity index (χ1v) is 8.42. The van der Waals surface area contributed by atoms with E-state index in [1.165, 1.54) is 11.8 Å². The number of hydrogen-bond donors (Lipinski definition) is 1. The van der Waals surface area contributed by atoms with E-state index in [0.29, 0.717) is 6.04 Å². The number of aryl methyl sites for hydroxylation is 1. The fourth-order valence-corrected chi connectivity index (χ4v) is 3.94. The van der Waals surface area contributed by atoms with Gasteiger partial charge >= 0.3 is 0 Å². The predicted octanol–water partition coefficient (Wildman–Crippen LogP) is 3.56. The normalized spacial score (nSPS) is 15.8. The maximum absolute atomic E-state index is 12.5. The molecular weight excluding hydrogens is 288 g/mol. The zero-order chi connectivity index (χ0) is 13.9. The number of carbonyl (C=O) groups is 1. The number of thiazole rings is 1. The minimum atomic E-state index is -0.220. The van der Waals surface area contributed by atoms with Crippen LogP contribution in [0.15, 0.2) is 40.1 Å². The van der Waals surface area contributed by atoms with Gasteiger partial charge in [-0.05, 0) is 25.3 Å². The second-order valence-electron chi connectivity index (χ2n) is 4.95. The molecule has 0 bridgehead atoms. The van der Waals surface area contributed by atoms with Gasteiger partial charge in [0, 0.05) is 17.1 Å². The Morgan fingerprint density at radius 1 is 1.40 bits per heavy atom. The van der Waals surface area contributed by atoms with Crippen molar-refractivity contribution in [2.45, 2.75) is 35.4 Å². The molecule has 1 atom stereocenters. The van der Waals surface area contributed by atoms with Gasteiger partial charge in [0.1, 0.15) is 5.25 Å². The molecule has 0 unspecified atom stereocenters. The van der Waals surface area contributed by atoms with Crippen LogP contribution in [-0.4, -0.2) is 16.9 Å². The molecule has 3 rings (SSSR count). The number of aromatic nitrogens is 1. The summed E-state index contributed by atoms with van der Waals surface area (Å²) in [6.45, 7) is 1.97. The molecule has 1 N–H and O–H groups in total. The third-order valence-corrected chi connectivity index (χ3v) is 5.42. The largest absolute Gasteiger partial charge is 0.352 e. The molecule has 2 aromatic rings. The Bertz CT molecular complexity index is 593. The van der Waals surface area contributed by atoms with Crippen LogP contribution in [0.4, 0.5) is 0 Å². The van der Waals surface area contributed by atoms with Crippen molar-refractivity contribution in [3.63, 3.8) is 0 Å². The first-order valence-electron chi connectivity index (χ1n) is 6.66. The quantitative estimate of drug-likeness (QED) is 0.859. The Balaban J connectivity index is 1.80. The van der Waals surface area contributed by atoms with Crippen LogP contribution >= 0.6 is 23.1 Å². The predicted molar refractivity (Wildman–Crippen MR) is 83.1 cm³/mol. The SMILES string of the molecule is Cc1csc(S[C@@H](C(=O)NC2CC2)c2ccccc2)n1. The van der Waals surface area contributed by atoms with Gasteiger partial charge in [-0.25, -0.2) is 4.98 Å². The van der Waals surface area contributed by atoms with E-state index in [4.69, 9.17) is 0 Å². The molecule has 104 valence electrons. The van der Waals surface area contributed by atoms with Gasteiger partial charge < -0.3 is 5.32 Å². The van der Waals surface area contributed by atoms with E-state index in [1.807, 2.05) is 42.6 Å². The topological polar surface area (TPSA) is 42.0 Å². The lowest BCUT2D eigenvalue weighted by Crippen LogP contribution is -2.29. The molecule has 1 aromatic heterocycles. The molecule has 1 amide bonds. The van der Waals surface area contributed by atoms with Crippen LogP contribution in [-0.2, 0) is 4.79 Å². The van der Waals surface area contributed by atoms with Crippen LogP contribution in [0.2, 0.25) is 0 Å². The van der Waals surface area contributed by atoms with Crippen molar-refractivity contribution < 1.29 is 4.79 Å². The van der Waals surface area contributed by atoms with Gasteiger partial charge in [0.15, 0.2) is 4.34 Å². The van der Waals surface area contributed by atoms with E-state index in [0.717, 1.165) is 28.4 Å². The molecule has 1 fully saturated rings. The van der Waals surface area contributed by atoms with E-state index in [-0.39, 0.29) is 11.2 Å². The number of nitrogens with one attached hydrogen (secondary N) is 1. The average molecular weight is 304 g/mol. The van der Waals surface area contributed by atoms with Crippen LogP contribution in [0.1, 0.15) is 29.3 Å². The van der Waals surface area contributed by atoms with Crippen LogP contribution in [0.25, 0.3) is 0 Å². The standard InChI is InChI=1S/C15H16N2OS2/c1-10-9-19-15(16-10)20-13(11-5-3-2-4-6-11)14(18)17-12-7-8-12/h2-6,9,12-13H,7-8H2,1H3,(H,17,18)/t13-/m1/s1. The maximum atomic E-state index is 12.5. The lowest BCUT2D eigenvalue weighted by molar-refractivity contribution is -0.120. The van der Waals surface area contributed by atoms with Gasteiger partial charge in [-0.3, -0.25) is 4.79 Å². The molecule has 1 aliphatic carbocycles. The summed E-state index contributed by atoms with van der Waals surface area (Å²) in [7, 11) is 0. The van der Waals surface area contributed by atoms with Gasteiger partial charge in [-0.15, -0.1) is 11.3 Å². The Kier molecular flexibility index (Phi) is 4.08. The van der Waals surface area contributed by atoms with Crippen molar-refractivity contribution in [1.29, 1.82) is 0 Å². The van der Waals surface area contributed by atoms with E-state index in [9.17, 15) is 4.79 Å². The molecule has 1 saturated carbocycles. The van der Waals surface area contributed by atoms with Crippen LogP contribution in [0.5, 0.6) is 0 Å². The highest BCUT2D eigenvalue weighted by molar-refractivity contribution is 8.01. The highest BCUT2D eigenvalue weighted by Crippen LogP contribution is 2.37. The highest BCUT2D eigenvalue weighted by Gasteiger charge is 2.29. The van der Waals surface area contributed by atoms with E-state index in [1.54, 1.807) is 11.3 Å². The summed E-state index contributed by atoms with van der Waals surface area (Å²) in [6.07, 6.45) is 2.21. The third kappa shape index (κ3) is 3.41. The van der Waals surface area contributed by atoms with Gasteiger partial charge in [-0.1, -0.05) is 42.1 Å². The van der Waals surface area contributed by atoms with Crippen molar-refractivity contribution in [3.8, 4) is 0 Å². The van der Waals surface area contributed by atoms with Gasteiger partial charge in [0.05, 0.1) is 0 Å². The van der Waals surface area contributed by atoms with Crippen molar-refractivity contribution in [1.82, 2.24) is 10.3 Å². The molecule has 20 heavy (non-hydrogen) atoms. The second kappa shape index (κ2) is 5.97. The van der Waals surface area contributed by atoms with Crippen LogP contribution < -0.4 is 5.32 Å². The minimum Gasteiger partial charge on any atom is -0.352 e. The van der Waals surface area contributed by atoms with Gasteiger partial charge in [-0.2, -0.15) is 0 Å². The lowest BCUT2D eigenvalue weighted by Gasteiger charge is -2.15. The molecule has 0 aliphatic heterocycles. The molecule has 0 saturated heterocycles. The molecule has 3 nitrogen and oxygen atoms in total. The molecular formula is C15H16N2OS2. The monoisotopic (exact) mass is 304 g/mol. The van der Waals surface area contributed by atoms with Crippen molar-refractivity contribution in [3.05, 3.63) is 47.0 Å². The summed E-state index contributed by atoms with van der Waals surface area (Å²) in [6, 6.07) is 10.3. The number of carbonyl (C=O) groups excluding carboxylic acids is 1. The maximum Gasteiger partial charge on any atom is 0.238 e. The van der Waals surface area contributed by atoms with Gasteiger partial charge in [0.25, 0.3) is 0 Å². The molecule has 5 heteroatoms. The summed E-state index contributed by atoms with van der Waals surface area (Å²) in [4.78, 5) is 16.9. The highest BCUT2D eigenvalue weighted by atomic mass is 32.2. The first kappa shape index (κ1) is 13.6. The number of hydrogen-bond acceptors (Lipinski definition) is 4. The zero-order valence-electron chi connectivity index (χ0n) is 11.2. The summed E-state index contributed by atoms with van der Waals surface area (Å²) in [5.41, 5.74) is 2.04. The van der Waals surface area contributed by atoms with Crippen LogP contribution in [0.3, 0.4) is 0 Å². The Labute approximate surface area is 126 Å². The van der Waals surface area contributed by atoms with Gasteiger partial charge in [0.2, 0.25) is 5.91 Å². The van der Waals surface area contributed by atoms with Crippen molar-refractivity contribution in [2.75, 3.05) is 0 Å². The lowest BCUT2D eigenvalue weighted by atomic mass is 10.1.